The topological polar surface area (TPSA) is 25.2 Å². The first-order valence-corrected chi connectivity index (χ1v) is 4.17. The first kappa shape index (κ1) is 9.26. The Bertz CT molecular complexity index is 198. The fourth-order valence-corrected chi connectivity index (χ4v) is 1.02. The van der Waals surface area contributed by atoms with Gasteiger partial charge in [-0.15, -0.1) is 0 Å². The van der Waals surface area contributed by atoms with Crippen molar-refractivity contribution in [2.45, 2.75) is 19.4 Å². The van der Waals surface area contributed by atoms with Gasteiger partial charge >= 0.3 is 0 Å². The van der Waals surface area contributed by atoms with E-state index in [-0.39, 0.29) is 12.7 Å². The molecule has 1 aromatic heterocycles. The van der Waals surface area contributed by atoms with E-state index in [9.17, 15) is 4.39 Å². The average Bonchev–Trinajstić information content (AvgIpc) is 2.56. The van der Waals surface area contributed by atoms with Crippen molar-refractivity contribution in [3.05, 3.63) is 24.2 Å². The summed E-state index contributed by atoms with van der Waals surface area (Å²) in [4.78, 5) is 0. The van der Waals surface area contributed by atoms with E-state index >= 15 is 0 Å². The minimum atomic E-state index is -0.266. The SMILES string of the molecule is C[C@H](NCCCF)c1ccco1. The van der Waals surface area contributed by atoms with Crippen LogP contribution in [0.5, 0.6) is 0 Å². The Morgan fingerprint density at radius 1 is 1.67 bits per heavy atom. The molecular formula is C9H14FNO. The second-order valence-electron chi connectivity index (χ2n) is 2.73. The van der Waals surface area contributed by atoms with Gasteiger partial charge in [-0.3, -0.25) is 4.39 Å². The maximum atomic E-state index is 11.7. The van der Waals surface area contributed by atoms with Gasteiger partial charge < -0.3 is 9.73 Å². The largest absolute Gasteiger partial charge is 0.468 e. The van der Waals surface area contributed by atoms with Crippen LogP contribution in [0.4, 0.5) is 4.39 Å². The highest BCUT2D eigenvalue weighted by atomic mass is 19.1. The van der Waals surface area contributed by atoms with Crippen molar-refractivity contribution in [3.63, 3.8) is 0 Å². The smallest absolute Gasteiger partial charge is 0.120 e. The van der Waals surface area contributed by atoms with Gasteiger partial charge in [0.05, 0.1) is 19.0 Å². The van der Waals surface area contributed by atoms with Crippen LogP contribution in [0.15, 0.2) is 22.8 Å². The highest BCUT2D eigenvalue weighted by Gasteiger charge is 2.05. The summed E-state index contributed by atoms with van der Waals surface area (Å²) in [7, 11) is 0. The number of furan rings is 1. The van der Waals surface area contributed by atoms with Crippen molar-refractivity contribution in [3.8, 4) is 0 Å². The van der Waals surface area contributed by atoms with Crippen molar-refractivity contribution in [2.24, 2.45) is 0 Å². The molecule has 0 aliphatic rings. The van der Waals surface area contributed by atoms with E-state index in [4.69, 9.17) is 4.42 Å². The molecule has 68 valence electrons. The fraction of sp³-hybridized carbons (Fsp3) is 0.556. The average molecular weight is 171 g/mol. The van der Waals surface area contributed by atoms with Gasteiger partial charge in [-0.25, -0.2) is 0 Å². The molecule has 3 heteroatoms. The highest BCUT2D eigenvalue weighted by molar-refractivity contribution is 5.02. The van der Waals surface area contributed by atoms with Gasteiger partial charge in [0.2, 0.25) is 0 Å². The van der Waals surface area contributed by atoms with Crippen LogP contribution in [0, 0.1) is 0 Å². The molecule has 0 fully saturated rings. The van der Waals surface area contributed by atoms with E-state index in [1.165, 1.54) is 0 Å². The Balaban J connectivity index is 2.25. The number of hydrogen-bond acceptors (Lipinski definition) is 2. The van der Waals surface area contributed by atoms with Gasteiger partial charge in [-0.1, -0.05) is 0 Å². The Kier molecular flexibility index (Phi) is 3.80. The van der Waals surface area contributed by atoms with Gasteiger partial charge in [-0.05, 0) is 32.0 Å². The molecule has 0 amide bonds. The normalized spacial score (nSPS) is 13.2. The van der Waals surface area contributed by atoms with Crippen LogP contribution >= 0.6 is 0 Å². The molecule has 0 spiro atoms. The number of rotatable bonds is 5. The minimum Gasteiger partial charge on any atom is -0.468 e. The van der Waals surface area contributed by atoms with E-state index in [0.717, 1.165) is 5.76 Å². The predicted molar refractivity (Wildman–Crippen MR) is 45.7 cm³/mol. The molecule has 12 heavy (non-hydrogen) atoms. The first-order valence-electron chi connectivity index (χ1n) is 4.17. The summed E-state index contributed by atoms with van der Waals surface area (Å²) in [6, 6.07) is 3.93. The van der Waals surface area contributed by atoms with Crippen LogP contribution in [0.2, 0.25) is 0 Å². The van der Waals surface area contributed by atoms with Gasteiger partial charge in [0, 0.05) is 0 Å². The number of alkyl halides is 1. The molecular weight excluding hydrogens is 157 g/mol. The summed E-state index contributed by atoms with van der Waals surface area (Å²) in [5, 5.41) is 3.15. The van der Waals surface area contributed by atoms with E-state index in [1.54, 1.807) is 6.26 Å². The number of hydrogen-bond donors (Lipinski definition) is 1. The maximum Gasteiger partial charge on any atom is 0.120 e. The third-order valence-electron chi connectivity index (χ3n) is 1.73. The number of halogens is 1. The molecule has 0 saturated heterocycles. The summed E-state index contributed by atoms with van der Waals surface area (Å²) in [5.41, 5.74) is 0. The minimum absolute atomic E-state index is 0.173. The Morgan fingerprint density at radius 2 is 2.50 bits per heavy atom. The van der Waals surface area contributed by atoms with Crippen molar-refractivity contribution >= 4 is 0 Å². The lowest BCUT2D eigenvalue weighted by molar-refractivity contribution is 0.407. The van der Waals surface area contributed by atoms with Crippen LogP contribution in [0.3, 0.4) is 0 Å². The molecule has 0 aliphatic heterocycles. The zero-order chi connectivity index (χ0) is 8.81. The Morgan fingerprint density at radius 3 is 3.08 bits per heavy atom. The van der Waals surface area contributed by atoms with Gasteiger partial charge in [-0.2, -0.15) is 0 Å². The third kappa shape index (κ3) is 2.66. The molecule has 0 bridgehead atoms. The molecule has 1 N–H and O–H groups in total. The first-order chi connectivity index (χ1) is 5.84. The van der Waals surface area contributed by atoms with Crippen LogP contribution in [0.1, 0.15) is 25.1 Å². The fourth-order valence-electron chi connectivity index (χ4n) is 1.02. The van der Waals surface area contributed by atoms with Crippen molar-refractivity contribution in [2.75, 3.05) is 13.2 Å². The second kappa shape index (κ2) is 4.93. The van der Waals surface area contributed by atoms with E-state index in [2.05, 4.69) is 5.32 Å². The summed E-state index contributed by atoms with van der Waals surface area (Å²) < 4.78 is 16.9. The standard InChI is InChI=1S/C9H14FNO/c1-8(11-6-3-5-10)9-4-2-7-12-9/h2,4,7-8,11H,3,5-6H2,1H3/t8-/m0/s1. The molecule has 0 saturated carbocycles. The molecule has 0 radical (unpaired) electrons. The van der Waals surface area contributed by atoms with Gasteiger partial charge in [0.15, 0.2) is 0 Å². The molecule has 1 heterocycles. The molecule has 1 aromatic rings. The summed E-state index contributed by atoms with van der Waals surface area (Å²) in [6.07, 6.45) is 2.20. The predicted octanol–water partition coefficient (Wildman–Crippen LogP) is 2.29. The Hall–Kier alpha value is -0.830. The molecule has 0 aliphatic carbocycles. The summed E-state index contributed by atoms with van der Waals surface area (Å²) in [5.74, 6) is 0.897. The molecule has 0 unspecified atom stereocenters. The summed E-state index contributed by atoms with van der Waals surface area (Å²) >= 11 is 0. The van der Waals surface area contributed by atoms with Crippen molar-refractivity contribution in [1.82, 2.24) is 5.32 Å². The van der Waals surface area contributed by atoms with E-state index in [0.29, 0.717) is 13.0 Å². The molecule has 2 nitrogen and oxygen atoms in total. The van der Waals surface area contributed by atoms with Crippen molar-refractivity contribution in [1.29, 1.82) is 0 Å². The quantitative estimate of drug-likeness (QED) is 0.687. The lowest BCUT2D eigenvalue weighted by Gasteiger charge is -2.09. The lowest BCUT2D eigenvalue weighted by Crippen LogP contribution is -2.19. The molecule has 1 rings (SSSR count). The van der Waals surface area contributed by atoms with Crippen molar-refractivity contribution < 1.29 is 8.81 Å². The van der Waals surface area contributed by atoms with Crippen LogP contribution in [-0.2, 0) is 0 Å². The van der Waals surface area contributed by atoms with Gasteiger partial charge in [0.1, 0.15) is 5.76 Å². The Labute approximate surface area is 71.8 Å². The monoisotopic (exact) mass is 171 g/mol. The van der Waals surface area contributed by atoms with Crippen LogP contribution in [-0.4, -0.2) is 13.2 Å². The number of nitrogens with one attached hydrogen (secondary N) is 1. The van der Waals surface area contributed by atoms with Gasteiger partial charge in [0.25, 0.3) is 0 Å². The van der Waals surface area contributed by atoms with Crippen LogP contribution < -0.4 is 5.32 Å². The highest BCUT2D eigenvalue weighted by Crippen LogP contribution is 2.11. The zero-order valence-electron chi connectivity index (χ0n) is 7.22. The molecule has 1 atom stereocenters. The summed E-state index contributed by atoms with van der Waals surface area (Å²) in [6.45, 7) is 2.42. The maximum absolute atomic E-state index is 11.7. The zero-order valence-corrected chi connectivity index (χ0v) is 7.22. The van der Waals surface area contributed by atoms with E-state index in [1.807, 2.05) is 19.1 Å². The van der Waals surface area contributed by atoms with E-state index < -0.39 is 0 Å². The third-order valence-corrected chi connectivity index (χ3v) is 1.73. The lowest BCUT2D eigenvalue weighted by atomic mass is 10.2. The molecule has 0 aromatic carbocycles. The second-order valence-corrected chi connectivity index (χ2v) is 2.73. The van der Waals surface area contributed by atoms with Crippen LogP contribution in [0.25, 0.3) is 0 Å².